The van der Waals surface area contributed by atoms with Gasteiger partial charge >= 0.3 is 0 Å². The lowest BCUT2D eigenvalue weighted by atomic mass is 10.2. The number of hydrogen-bond donors (Lipinski definition) is 0. The predicted octanol–water partition coefficient (Wildman–Crippen LogP) is 1.98. The van der Waals surface area contributed by atoms with Crippen molar-refractivity contribution in [3.05, 3.63) is 66.2 Å². The molecule has 172 valence electrons. The Balaban J connectivity index is 1.23. The van der Waals surface area contributed by atoms with Crippen LogP contribution in [0.4, 0.5) is 5.69 Å². The van der Waals surface area contributed by atoms with E-state index < -0.39 is 10.0 Å². The molecular weight excluding hydrogens is 438 g/mol. The summed E-state index contributed by atoms with van der Waals surface area (Å²) in [7, 11) is -2.02. The summed E-state index contributed by atoms with van der Waals surface area (Å²) in [5.74, 6) is 0.0652. The van der Waals surface area contributed by atoms with E-state index in [2.05, 4.69) is 11.2 Å². The van der Waals surface area contributed by atoms with E-state index in [1.165, 1.54) is 14.6 Å². The lowest BCUT2D eigenvalue weighted by Gasteiger charge is -2.34. The average Bonchev–Trinajstić information content (AvgIpc) is 3.44. The van der Waals surface area contributed by atoms with Crippen LogP contribution in [0.5, 0.6) is 0 Å². The Morgan fingerprint density at radius 1 is 0.939 bits per heavy atom. The van der Waals surface area contributed by atoms with Crippen molar-refractivity contribution >= 4 is 21.6 Å². The van der Waals surface area contributed by atoms with Crippen LogP contribution in [0.1, 0.15) is 5.56 Å². The van der Waals surface area contributed by atoms with Crippen LogP contribution in [-0.2, 0) is 28.3 Å². The van der Waals surface area contributed by atoms with Gasteiger partial charge in [0.1, 0.15) is 0 Å². The van der Waals surface area contributed by atoms with Crippen molar-refractivity contribution in [1.29, 1.82) is 0 Å². The maximum atomic E-state index is 13.3. The average molecular weight is 466 g/mol. The van der Waals surface area contributed by atoms with Crippen LogP contribution in [0.3, 0.4) is 0 Å². The number of anilines is 1. The summed E-state index contributed by atoms with van der Waals surface area (Å²) >= 11 is 0. The number of benzene rings is 2. The van der Waals surface area contributed by atoms with E-state index in [0.29, 0.717) is 45.0 Å². The van der Waals surface area contributed by atoms with Crippen molar-refractivity contribution in [1.82, 2.24) is 19.0 Å². The number of carbonyl (C=O) groups is 1. The molecule has 0 spiro atoms. The van der Waals surface area contributed by atoms with Gasteiger partial charge in [-0.3, -0.25) is 14.4 Å². The summed E-state index contributed by atoms with van der Waals surface area (Å²) in [4.78, 5) is 16.8. The summed E-state index contributed by atoms with van der Waals surface area (Å²) in [6.07, 6.45) is 0.879. The van der Waals surface area contributed by atoms with E-state index in [-0.39, 0.29) is 10.9 Å². The molecule has 0 bridgehead atoms. The highest BCUT2D eigenvalue weighted by atomic mass is 32.2. The van der Waals surface area contributed by atoms with Gasteiger partial charge in [-0.25, -0.2) is 8.42 Å². The maximum absolute atomic E-state index is 13.3. The summed E-state index contributed by atoms with van der Waals surface area (Å²) in [6.45, 7) is 2.73. The molecule has 3 aromatic rings. The van der Waals surface area contributed by atoms with Gasteiger partial charge in [0, 0.05) is 57.1 Å². The number of rotatable bonds is 5. The van der Waals surface area contributed by atoms with E-state index in [1.807, 2.05) is 58.3 Å². The van der Waals surface area contributed by atoms with Crippen LogP contribution in [0, 0.1) is 0 Å². The second-order valence-electron chi connectivity index (χ2n) is 8.46. The first-order valence-electron chi connectivity index (χ1n) is 11.1. The van der Waals surface area contributed by atoms with Crippen molar-refractivity contribution in [2.45, 2.75) is 11.4 Å². The zero-order valence-corrected chi connectivity index (χ0v) is 19.4. The zero-order chi connectivity index (χ0) is 23.0. The topological polar surface area (TPSA) is 78.8 Å². The first-order chi connectivity index (χ1) is 15.9. The summed E-state index contributed by atoms with van der Waals surface area (Å²) in [6, 6.07) is 19.2. The summed E-state index contributed by atoms with van der Waals surface area (Å²) in [5, 5.41) is 4.59. The van der Waals surface area contributed by atoms with E-state index in [1.54, 1.807) is 13.1 Å². The largest absolute Gasteiger partial charge is 0.311 e. The molecule has 2 aliphatic heterocycles. The van der Waals surface area contributed by atoms with Gasteiger partial charge in [-0.15, -0.1) is 0 Å². The molecule has 3 heterocycles. The first kappa shape index (κ1) is 21.8. The minimum Gasteiger partial charge on any atom is -0.311 e. The highest BCUT2D eigenvalue weighted by Gasteiger charge is 2.33. The number of amides is 1. The number of sulfonamides is 1. The minimum absolute atomic E-state index is 0.0652. The Morgan fingerprint density at radius 3 is 2.39 bits per heavy atom. The van der Waals surface area contributed by atoms with Crippen LogP contribution in [0.25, 0.3) is 11.3 Å². The molecule has 0 radical (unpaired) electrons. The number of hydrogen-bond acceptors (Lipinski definition) is 5. The quantitative estimate of drug-likeness (QED) is 0.576. The fraction of sp³-hybridized carbons (Fsp3) is 0.333. The Kier molecular flexibility index (Phi) is 5.77. The normalized spacial score (nSPS) is 17.3. The van der Waals surface area contributed by atoms with Gasteiger partial charge in [-0.2, -0.15) is 9.40 Å². The van der Waals surface area contributed by atoms with Crippen molar-refractivity contribution in [3.8, 4) is 11.3 Å². The molecular formula is C24H27N5O3S. The molecule has 9 heteroatoms. The van der Waals surface area contributed by atoms with E-state index >= 15 is 0 Å². The number of carbonyl (C=O) groups excluding carboxylic acids is 1. The Morgan fingerprint density at radius 2 is 1.64 bits per heavy atom. The van der Waals surface area contributed by atoms with E-state index in [4.69, 9.17) is 0 Å². The standard InChI is InChI=1S/C24H27N5O3S/c1-26-24(17-21(25-26)19-7-3-2-4-8-19)33(31,32)28-15-13-27(14-16-28)18-23(30)29-12-11-20-9-5-6-10-22(20)29/h2-10,17H,11-16,18H2,1H3. The van der Waals surface area contributed by atoms with E-state index in [0.717, 1.165) is 17.7 Å². The number of piperazine rings is 1. The second kappa shape index (κ2) is 8.74. The van der Waals surface area contributed by atoms with Crippen LogP contribution in [0.15, 0.2) is 65.7 Å². The fourth-order valence-corrected chi connectivity index (χ4v) is 6.12. The molecule has 1 amide bonds. The molecule has 0 aliphatic carbocycles. The number of aromatic nitrogens is 2. The highest BCUT2D eigenvalue weighted by Crippen LogP contribution is 2.28. The fourth-order valence-electron chi connectivity index (χ4n) is 4.58. The van der Waals surface area contributed by atoms with Gasteiger partial charge in [0.15, 0.2) is 5.03 Å². The van der Waals surface area contributed by atoms with Gasteiger partial charge in [0.2, 0.25) is 5.91 Å². The minimum atomic E-state index is -3.68. The lowest BCUT2D eigenvalue weighted by molar-refractivity contribution is -0.119. The van der Waals surface area contributed by atoms with Gasteiger partial charge in [-0.1, -0.05) is 48.5 Å². The van der Waals surface area contributed by atoms with Crippen molar-refractivity contribution < 1.29 is 13.2 Å². The van der Waals surface area contributed by atoms with Crippen molar-refractivity contribution in [2.75, 3.05) is 44.2 Å². The van der Waals surface area contributed by atoms with Crippen LogP contribution in [0.2, 0.25) is 0 Å². The van der Waals surface area contributed by atoms with Gasteiger partial charge in [-0.05, 0) is 18.1 Å². The zero-order valence-electron chi connectivity index (χ0n) is 18.6. The Labute approximate surface area is 194 Å². The molecule has 1 saturated heterocycles. The number of para-hydroxylation sites is 1. The van der Waals surface area contributed by atoms with Crippen molar-refractivity contribution in [3.63, 3.8) is 0 Å². The third-order valence-corrected chi connectivity index (χ3v) is 8.34. The Bertz CT molecular complexity index is 1260. The molecule has 5 rings (SSSR count). The van der Waals surface area contributed by atoms with Gasteiger partial charge < -0.3 is 4.90 Å². The van der Waals surface area contributed by atoms with Crippen molar-refractivity contribution in [2.24, 2.45) is 7.05 Å². The van der Waals surface area contributed by atoms with Gasteiger partial charge in [0.05, 0.1) is 12.2 Å². The molecule has 8 nitrogen and oxygen atoms in total. The first-order valence-corrected chi connectivity index (χ1v) is 12.6. The smallest absolute Gasteiger partial charge is 0.260 e. The number of aryl methyl sites for hydroxylation is 1. The summed E-state index contributed by atoms with van der Waals surface area (Å²) in [5.41, 5.74) is 3.70. The molecule has 0 N–H and O–H groups in total. The molecule has 2 aromatic carbocycles. The highest BCUT2D eigenvalue weighted by molar-refractivity contribution is 7.89. The van der Waals surface area contributed by atoms with Gasteiger partial charge in [0.25, 0.3) is 10.0 Å². The molecule has 1 fully saturated rings. The Hall–Kier alpha value is -3.01. The monoisotopic (exact) mass is 465 g/mol. The number of nitrogens with zero attached hydrogens (tertiary/aromatic N) is 5. The SMILES string of the molecule is Cn1nc(-c2ccccc2)cc1S(=O)(=O)N1CCN(CC(=O)N2CCc3ccccc32)CC1. The lowest BCUT2D eigenvalue weighted by Crippen LogP contribution is -2.51. The predicted molar refractivity (Wildman–Crippen MR) is 126 cm³/mol. The molecule has 1 aromatic heterocycles. The third kappa shape index (κ3) is 4.19. The third-order valence-electron chi connectivity index (χ3n) is 6.39. The van der Waals surface area contributed by atoms with Crippen LogP contribution in [-0.4, -0.2) is 72.6 Å². The summed E-state index contributed by atoms with van der Waals surface area (Å²) < 4.78 is 29.5. The molecule has 0 atom stereocenters. The molecule has 0 saturated carbocycles. The molecule has 2 aliphatic rings. The number of fused-ring (bicyclic) bond motifs is 1. The maximum Gasteiger partial charge on any atom is 0.260 e. The van der Waals surface area contributed by atoms with Crippen LogP contribution >= 0.6 is 0 Å². The second-order valence-corrected chi connectivity index (χ2v) is 10.3. The molecule has 0 unspecified atom stereocenters. The van der Waals surface area contributed by atoms with Crippen LogP contribution < -0.4 is 4.90 Å². The molecule has 33 heavy (non-hydrogen) atoms. The van der Waals surface area contributed by atoms with E-state index in [9.17, 15) is 13.2 Å².